The molecule has 0 spiro atoms. The van der Waals surface area contributed by atoms with E-state index in [1.807, 2.05) is 25.3 Å². The van der Waals surface area contributed by atoms with Crippen molar-refractivity contribution in [3.63, 3.8) is 0 Å². The van der Waals surface area contributed by atoms with Crippen LogP contribution in [0.15, 0.2) is 17.5 Å². The smallest absolute Gasteiger partial charge is 0.305 e. The molecule has 7 heteroatoms. The first-order chi connectivity index (χ1) is 10.4. The van der Waals surface area contributed by atoms with Crippen LogP contribution in [-0.2, 0) is 14.4 Å². The average molecular weight is 324 g/mol. The van der Waals surface area contributed by atoms with Gasteiger partial charge in [0.1, 0.15) is 0 Å². The van der Waals surface area contributed by atoms with Crippen LogP contribution < -0.4 is 5.32 Å². The lowest BCUT2D eigenvalue weighted by Crippen LogP contribution is -2.37. The summed E-state index contributed by atoms with van der Waals surface area (Å²) >= 11 is 1.41. The topological polar surface area (TPSA) is 86.7 Å². The summed E-state index contributed by atoms with van der Waals surface area (Å²) in [6.45, 7) is 4.22. The molecule has 0 bridgehead atoms. The van der Waals surface area contributed by atoms with Crippen molar-refractivity contribution in [2.75, 3.05) is 6.54 Å². The quantitative estimate of drug-likeness (QED) is 0.833. The highest BCUT2D eigenvalue weighted by Crippen LogP contribution is 2.25. The lowest BCUT2D eigenvalue weighted by Gasteiger charge is -2.21. The number of hydrogen-bond acceptors (Lipinski definition) is 4. The van der Waals surface area contributed by atoms with Crippen LogP contribution in [0.5, 0.6) is 0 Å². The fraction of sp³-hybridized carbons (Fsp3) is 0.533. The maximum atomic E-state index is 12.4. The summed E-state index contributed by atoms with van der Waals surface area (Å²) in [7, 11) is 0. The van der Waals surface area contributed by atoms with Crippen molar-refractivity contribution in [3.05, 3.63) is 22.4 Å². The molecule has 1 aliphatic rings. The van der Waals surface area contributed by atoms with Gasteiger partial charge in [-0.1, -0.05) is 6.07 Å². The molecular weight excluding hydrogens is 304 g/mol. The van der Waals surface area contributed by atoms with Gasteiger partial charge in [-0.15, -0.1) is 11.3 Å². The summed E-state index contributed by atoms with van der Waals surface area (Å²) in [5.74, 6) is -1.66. The molecule has 22 heavy (non-hydrogen) atoms. The molecule has 0 unspecified atom stereocenters. The summed E-state index contributed by atoms with van der Waals surface area (Å²) in [4.78, 5) is 37.7. The predicted octanol–water partition coefficient (Wildman–Crippen LogP) is 1.64. The normalized spacial score (nSPS) is 19.5. The van der Waals surface area contributed by atoms with Gasteiger partial charge in [-0.05, 0) is 25.3 Å². The number of rotatable bonds is 6. The van der Waals surface area contributed by atoms with Gasteiger partial charge >= 0.3 is 5.97 Å². The second kappa shape index (κ2) is 6.91. The number of likely N-dealkylation sites (tertiary alicyclic amines) is 1. The number of aliphatic carboxylic acids is 1. The molecule has 1 saturated heterocycles. The number of carboxylic acids is 1. The zero-order valence-electron chi connectivity index (χ0n) is 12.6. The van der Waals surface area contributed by atoms with E-state index in [1.165, 1.54) is 11.3 Å². The predicted molar refractivity (Wildman–Crippen MR) is 82.4 cm³/mol. The van der Waals surface area contributed by atoms with E-state index in [9.17, 15) is 14.4 Å². The van der Waals surface area contributed by atoms with Gasteiger partial charge in [-0.2, -0.15) is 0 Å². The van der Waals surface area contributed by atoms with Crippen molar-refractivity contribution in [2.24, 2.45) is 5.92 Å². The molecule has 2 amide bonds. The van der Waals surface area contributed by atoms with E-state index in [-0.39, 0.29) is 30.7 Å². The number of nitrogens with zero attached hydrogens (tertiary/aromatic N) is 1. The first kappa shape index (κ1) is 16.5. The molecule has 6 nitrogen and oxygen atoms in total. The number of hydrogen-bond donors (Lipinski definition) is 2. The van der Waals surface area contributed by atoms with Crippen LogP contribution in [0.1, 0.15) is 37.6 Å². The van der Waals surface area contributed by atoms with Gasteiger partial charge in [-0.25, -0.2) is 0 Å². The highest BCUT2D eigenvalue weighted by atomic mass is 32.1. The number of carboxylic acid groups (broad SMARTS) is 1. The largest absolute Gasteiger partial charge is 0.481 e. The zero-order chi connectivity index (χ0) is 16.3. The molecule has 120 valence electrons. The summed E-state index contributed by atoms with van der Waals surface area (Å²) in [5, 5.41) is 13.6. The molecule has 1 aromatic rings. The van der Waals surface area contributed by atoms with E-state index in [4.69, 9.17) is 5.11 Å². The minimum atomic E-state index is -0.968. The number of amides is 2. The van der Waals surface area contributed by atoms with Crippen molar-refractivity contribution in [1.82, 2.24) is 10.2 Å². The van der Waals surface area contributed by atoms with Crippen molar-refractivity contribution in [1.29, 1.82) is 0 Å². The lowest BCUT2D eigenvalue weighted by atomic mass is 10.1. The first-order valence-electron chi connectivity index (χ1n) is 7.23. The maximum Gasteiger partial charge on any atom is 0.305 e. The maximum absolute atomic E-state index is 12.4. The minimum absolute atomic E-state index is 0.0268. The Balaban J connectivity index is 2.03. The van der Waals surface area contributed by atoms with Crippen LogP contribution in [-0.4, -0.2) is 40.4 Å². The molecule has 0 radical (unpaired) electrons. The molecule has 2 atom stereocenters. The zero-order valence-corrected chi connectivity index (χ0v) is 13.4. The van der Waals surface area contributed by atoms with Gasteiger partial charge in [0.2, 0.25) is 11.8 Å². The number of nitrogens with one attached hydrogen (secondary N) is 1. The van der Waals surface area contributed by atoms with E-state index in [1.54, 1.807) is 11.0 Å². The summed E-state index contributed by atoms with van der Waals surface area (Å²) in [5.41, 5.74) is 0. The van der Waals surface area contributed by atoms with Crippen LogP contribution in [0.2, 0.25) is 0 Å². The Hall–Kier alpha value is -1.89. The van der Waals surface area contributed by atoms with Crippen LogP contribution in [0.25, 0.3) is 0 Å². The van der Waals surface area contributed by atoms with Gasteiger partial charge in [0, 0.05) is 23.9 Å². The Morgan fingerprint density at radius 1 is 1.50 bits per heavy atom. The van der Waals surface area contributed by atoms with E-state index in [2.05, 4.69) is 5.32 Å². The van der Waals surface area contributed by atoms with Gasteiger partial charge in [-0.3, -0.25) is 14.4 Å². The molecule has 1 aliphatic heterocycles. The fourth-order valence-corrected chi connectivity index (χ4v) is 3.36. The Morgan fingerprint density at radius 2 is 2.23 bits per heavy atom. The highest BCUT2D eigenvalue weighted by Gasteiger charge is 2.36. The van der Waals surface area contributed by atoms with Crippen LogP contribution in [0.4, 0.5) is 0 Å². The first-order valence-corrected chi connectivity index (χ1v) is 8.11. The summed E-state index contributed by atoms with van der Waals surface area (Å²) < 4.78 is 0. The molecule has 1 aromatic heterocycles. The third kappa shape index (κ3) is 3.85. The summed E-state index contributed by atoms with van der Waals surface area (Å²) in [6, 6.07) is 3.14. The molecule has 2 N–H and O–H groups in total. The number of carbonyl (C=O) groups is 3. The second-order valence-corrected chi connectivity index (χ2v) is 6.69. The average Bonchev–Trinajstić information content (AvgIpc) is 3.06. The fourth-order valence-electron chi connectivity index (χ4n) is 2.58. The standard InChI is InChI=1S/C15H20N2O4S/c1-9(2)17-8-10(6-13(17)18)15(21)16-11(7-14(19)20)12-4-3-5-22-12/h3-5,9-11H,6-8H2,1-2H3,(H,16,21)(H,19,20)/t10-,11+/m1/s1. The van der Waals surface area contributed by atoms with Gasteiger partial charge in [0.05, 0.1) is 18.4 Å². The Bertz CT molecular complexity index is 556. The van der Waals surface area contributed by atoms with Crippen LogP contribution in [0, 0.1) is 5.92 Å². The van der Waals surface area contributed by atoms with E-state index >= 15 is 0 Å². The van der Waals surface area contributed by atoms with E-state index in [0.29, 0.717) is 6.54 Å². The number of carbonyl (C=O) groups excluding carboxylic acids is 2. The molecule has 2 heterocycles. The monoisotopic (exact) mass is 324 g/mol. The van der Waals surface area contributed by atoms with E-state index < -0.39 is 17.9 Å². The SMILES string of the molecule is CC(C)N1C[C@H](C(=O)N[C@@H](CC(=O)O)c2cccs2)CC1=O. The molecule has 0 aliphatic carbocycles. The van der Waals surface area contributed by atoms with Gasteiger partial charge < -0.3 is 15.3 Å². The highest BCUT2D eigenvalue weighted by molar-refractivity contribution is 7.10. The van der Waals surface area contributed by atoms with Gasteiger partial charge in [0.25, 0.3) is 0 Å². The van der Waals surface area contributed by atoms with Crippen molar-refractivity contribution >= 4 is 29.1 Å². The number of thiophene rings is 1. The molecule has 0 aromatic carbocycles. The molecule has 2 rings (SSSR count). The molecular formula is C15H20N2O4S. The van der Waals surface area contributed by atoms with Gasteiger partial charge in [0.15, 0.2) is 0 Å². The Morgan fingerprint density at radius 3 is 2.73 bits per heavy atom. The van der Waals surface area contributed by atoms with Crippen LogP contribution >= 0.6 is 11.3 Å². The van der Waals surface area contributed by atoms with E-state index in [0.717, 1.165) is 4.88 Å². The third-order valence-corrected chi connectivity index (χ3v) is 4.72. The minimum Gasteiger partial charge on any atom is -0.481 e. The van der Waals surface area contributed by atoms with Crippen molar-refractivity contribution in [2.45, 2.75) is 38.8 Å². The molecule has 0 saturated carbocycles. The summed E-state index contributed by atoms with van der Waals surface area (Å²) in [6.07, 6.45) is 0.0229. The second-order valence-electron chi connectivity index (χ2n) is 5.72. The lowest BCUT2D eigenvalue weighted by molar-refractivity contribution is -0.138. The van der Waals surface area contributed by atoms with Crippen molar-refractivity contribution in [3.8, 4) is 0 Å². The molecule has 1 fully saturated rings. The van der Waals surface area contributed by atoms with Crippen LogP contribution in [0.3, 0.4) is 0 Å². The Labute approximate surface area is 133 Å². The Kier molecular flexibility index (Phi) is 5.18. The third-order valence-electron chi connectivity index (χ3n) is 3.73. The van der Waals surface area contributed by atoms with Crippen molar-refractivity contribution < 1.29 is 19.5 Å².